The van der Waals surface area contributed by atoms with Crippen LogP contribution in [0, 0.1) is 5.92 Å². The first kappa shape index (κ1) is 20.1. The average molecular weight is 351 g/mol. The van der Waals surface area contributed by atoms with Crippen LogP contribution in [0.5, 0.6) is 0 Å². The molecule has 0 fully saturated rings. The lowest BCUT2D eigenvalue weighted by atomic mass is 10.1. The highest BCUT2D eigenvalue weighted by Crippen LogP contribution is 2.09. The lowest BCUT2D eigenvalue weighted by Crippen LogP contribution is -2.37. The van der Waals surface area contributed by atoms with E-state index < -0.39 is 36.3 Å². The normalized spacial score (nSPS) is 10.0. The Morgan fingerprint density at radius 1 is 0.920 bits per heavy atom. The van der Waals surface area contributed by atoms with Crippen LogP contribution < -0.4 is 5.32 Å². The zero-order valence-corrected chi connectivity index (χ0v) is 14.2. The molecule has 0 saturated carbocycles. The number of carbonyl (C=O) groups excluding carboxylic acids is 4. The van der Waals surface area contributed by atoms with Gasteiger partial charge in [-0.05, 0) is 19.4 Å². The average Bonchev–Trinajstić information content (AvgIpc) is 2.59. The second-order valence-electron chi connectivity index (χ2n) is 4.87. The van der Waals surface area contributed by atoms with Gasteiger partial charge in [-0.25, -0.2) is 4.79 Å². The van der Waals surface area contributed by atoms with Crippen LogP contribution in [0.15, 0.2) is 30.3 Å². The van der Waals surface area contributed by atoms with E-state index in [9.17, 15) is 19.2 Å². The fourth-order valence-electron chi connectivity index (χ4n) is 1.86. The Hall–Kier alpha value is -2.90. The number of rotatable bonds is 8. The lowest BCUT2D eigenvalue weighted by molar-refractivity contribution is -0.163. The molecule has 0 atom stereocenters. The molecule has 1 aromatic carbocycles. The van der Waals surface area contributed by atoms with E-state index >= 15 is 0 Å². The molecule has 1 rings (SSSR count). The molecule has 0 spiro atoms. The van der Waals surface area contributed by atoms with Gasteiger partial charge in [0.2, 0.25) is 5.91 Å². The molecule has 0 saturated heterocycles. The topological polar surface area (TPSA) is 108 Å². The maximum absolute atomic E-state index is 11.9. The van der Waals surface area contributed by atoms with Crippen LogP contribution in [0.4, 0.5) is 4.79 Å². The fourth-order valence-corrected chi connectivity index (χ4v) is 1.86. The SMILES string of the molecule is CCOC(=O)C(CC(=O)NC(=O)OCc1ccccc1)C(=O)OCC. The highest BCUT2D eigenvalue weighted by Gasteiger charge is 2.32. The van der Waals surface area contributed by atoms with Crippen molar-refractivity contribution in [3.05, 3.63) is 35.9 Å². The Morgan fingerprint density at radius 3 is 2.00 bits per heavy atom. The molecule has 0 bridgehead atoms. The van der Waals surface area contributed by atoms with Gasteiger partial charge in [0.1, 0.15) is 6.61 Å². The summed E-state index contributed by atoms with van der Waals surface area (Å²) in [6, 6.07) is 8.90. The summed E-state index contributed by atoms with van der Waals surface area (Å²) in [4.78, 5) is 47.0. The highest BCUT2D eigenvalue weighted by molar-refractivity contribution is 6.01. The minimum absolute atomic E-state index is 0.0147. The van der Waals surface area contributed by atoms with E-state index in [1.807, 2.05) is 11.4 Å². The molecule has 0 aromatic heterocycles. The number of amides is 2. The fraction of sp³-hybridized carbons (Fsp3) is 0.412. The van der Waals surface area contributed by atoms with Gasteiger partial charge < -0.3 is 14.2 Å². The van der Waals surface area contributed by atoms with Crippen LogP contribution >= 0.6 is 0 Å². The number of alkyl carbamates (subject to hydrolysis) is 1. The molecule has 25 heavy (non-hydrogen) atoms. The molecular weight excluding hydrogens is 330 g/mol. The molecule has 8 heteroatoms. The van der Waals surface area contributed by atoms with Crippen LogP contribution in [-0.4, -0.2) is 37.2 Å². The third kappa shape index (κ3) is 7.47. The van der Waals surface area contributed by atoms with Crippen molar-refractivity contribution in [3.63, 3.8) is 0 Å². The van der Waals surface area contributed by atoms with Crippen LogP contribution in [0.2, 0.25) is 0 Å². The standard InChI is InChI=1S/C17H21NO7/c1-3-23-15(20)13(16(21)24-4-2)10-14(19)18-17(22)25-11-12-8-6-5-7-9-12/h5-9,13H,3-4,10-11H2,1-2H3,(H,18,19,22). The van der Waals surface area contributed by atoms with Crippen LogP contribution in [0.1, 0.15) is 25.8 Å². The Kier molecular flexibility index (Phi) is 8.70. The first-order valence-electron chi connectivity index (χ1n) is 7.81. The van der Waals surface area contributed by atoms with Gasteiger partial charge in [-0.15, -0.1) is 0 Å². The zero-order chi connectivity index (χ0) is 18.7. The summed E-state index contributed by atoms with van der Waals surface area (Å²) in [5.41, 5.74) is 0.751. The lowest BCUT2D eigenvalue weighted by Gasteiger charge is -2.14. The molecule has 0 heterocycles. The maximum atomic E-state index is 11.9. The number of esters is 2. The van der Waals surface area contributed by atoms with Crippen LogP contribution in [0.3, 0.4) is 0 Å². The minimum Gasteiger partial charge on any atom is -0.465 e. The first-order valence-corrected chi connectivity index (χ1v) is 7.81. The molecule has 1 N–H and O–H groups in total. The van der Waals surface area contributed by atoms with Gasteiger partial charge >= 0.3 is 18.0 Å². The van der Waals surface area contributed by atoms with Crippen LogP contribution in [-0.2, 0) is 35.2 Å². The quantitative estimate of drug-likeness (QED) is 0.430. The van der Waals surface area contributed by atoms with Gasteiger partial charge in [-0.1, -0.05) is 30.3 Å². The van der Waals surface area contributed by atoms with E-state index in [1.54, 1.807) is 38.1 Å². The Morgan fingerprint density at radius 2 is 1.48 bits per heavy atom. The highest BCUT2D eigenvalue weighted by atomic mass is 16.6. The monoisotopic (exact) mass is 351 g/mol. The van der Waals surface area contributed by atoms with E-state index in [-0.39, 0.29) is 19.8 Å². The van der Waals surface area contributed by atoms with E-state index in [1.165, 1.54) is 0 Å². The van der Waals surface area contributed by atoms with Gasteiger partial charge in [-0.2, -0.15) is 0 Å². The summed E-state index contributed by atoms with van der Waals surface area (Å²) < 4.78 is 14.4. The van der Waals surface area contributed by atoms with Gasteiger partial charge in [0.25, 0.3) is 0 Å². The molecule has 1 aromatic rings. The molecule has 0 aliphatic carbocycles. The first-order chi connectivity index (χ1) is 12.0. The molecule has 8 nitrogen and oxygen atoms in total. The van der Waals surface area contributed by atoms with Crippen molar-refractivity contribution in [2.24, 2.45) is 5.92 Å². The van der Waals surface area contributed by atoms with Crippen molar-refractivity contribution in [2.75, 3.05) is 13.2 Å². The Balaban J connectivity index is 2.53. The van der Waals surface area contributed by atoms with E-state index in [4.69, 9.17) is 14.2 Å². The summed E-state index contributed by atoms with van der Waals surface area (Å²) in [7, 11) is 0. The number of ether oxygens (including phenoxy) is 3. The summed E-state index contributed by atoms with van der Waals surface area (Å²) in [5, 5.41) is 1.96. The van der Waals surface area contributed by atoms with Crippen molar-refractivity contribution < 1.29 is 33.4 Å². The third-order valence-electron chi connectivity index (χ3n) is 2.99. The summed E-state index contributed by atoms with van der Waals surface area (Å²) >= 11 is 0. The molecule has 0 unspecified atom stereocenters. The minimum atomic E-state index is -1.43. The summed E-state index contributed by atoms with van der Waals surface area (Å²) in [6.07, 6.45) is -1.54. The van der Waals surface area contributed by atoms with Crippen molar-refractivity contribution in [1.29, 1.82) is 0 Å². The van der Waals surface area contributed by atoms with Crippen molar-refractivity contribution in [1.82, 2.24) is 5.32 Å². The van der Waals surface area contributed by atoms with Crippen molar-refractivity contribution in [3.8, 4) is 0 Å². The number of nitrogens with one attached hydrogen (secondary N) is 1. The molecule has 2 amide bonds. The molecule has 0 radical (unpaired) electrons. The Labute approximate surface area is 145 Å². The molecule has 136 valence electrons. The van der Waals surface area contributed by atoms with Crippen molar-refractivity contribution in [2.45, 2.75) is 26.9 Å². The second kappa shape index (κ2) is 10.8. The number of benzene rings is 1. The summed E-state index contributed by atoms with van der Waals surface area (Å²) in [5.74, 6) is -4.03. The molecule has 0 aliphatic rings. The number of imide groups is 1. The predicted octanol–water partition coefficient (Wildman–Crippen LogP) is 1.57. The number of hydrogen-bond acceptors (Lipinski definition) is 7. The summed E-state index contributed by atoms with van der Waals surface area (Å²) in [6.45, 7) is 3.23. The maximum Gasteiger partial charge on any atom is 0.414 e. The van der Waals surface area contributed by atoms with E-state index in [0.717, 1.165) is 5.56 Å². The third-order valence-corrected chi connectivity index (χ3v) is 2.99. The van der Waals surface area contributed by atoms with Gasteiger partial charge in [0.15, 0.2) is 5.92 Å². The smallest absolute Gasteiger partial charge is 0.414 e. The predicted molar refractivity (Wildman–Crippen MR) is 86.1 cm³/mol. The second-order valence-corrected chi connectivity index (χ2v) is 4.87. The van der Waals surface area contributed by atoms with Crippen LogP contribution in [0.25, 0.3) is 0 Å². The molecular formula is C17H21NO7. The van der Waals surface area contributed by atoms with Crippen molar-refractivity contribution >= 4 is 23.9 Å². The number of hydrogen-bond donors (Lipinski definition) is 1. The number of carbonyl (C=O) groups is 4. The largest absolute Gasteiger partial charge is 0.465 e. The Bertz CT molecular complexity index is 582. The van der Waals surface area contributed by atoms with Gasteiger partial charge in [0.05, 0.1) is 19.6 Å². The van der Waals surface area contributed by atoms with Gasteiger partial charge in [-0.3, -0.25) is 19.7 Å². The zero-order valence-electron chi connectivity index (χ0n) is 14.2. The van der Waals surface area contributed by atoms with E-state index in [0.29, 0.717) is 0 Å². The molecule has 0 aliphatic heterocycles. The van der Waals surface area contributed by atoms with E-state index in [2.05, 4.69) is 0 Å². The van der Waals surface area contributed by atoms with Gasteiger partial charge in [0, 0.05) is 0 Å².